The standard InChI is InChI=1S/C19H30N4O2.HI/c1-4-18(24)23-12-10-16(14-23)22-19(20-5-2)21-11-9-15-7-6-8-17(13-15)25-3;/h6-8,13,16H,4-5,9-12,14H2,1-3H3,(H2,20,21,22);1H. The third-order valence-electron chi connectivity index (χ3n) is 4.33. The van der Waals surface area contributed by atoms with Crippen molar-refractivity contribution in [2.24, 2.45) is 4.99 Å². The Morgan fingerprint density at radius 1 is 1.38 bits per heavy atom. The molecule has 0 saturated carbocycles. The molecule has 7 heteroatoms. The highest BCUT2D eigenvalue weighted by molar-refractivity contribution is 14.0. The lowest BCUT2D eigenvalue weighted by Gasteiger charge is -2.18. The Labute approximate surface area is 173 Å². The largest absolute Gasteiger partial charge is 0.497 e. The van der Waals surface area contributed by atoms with Crippen molar-refractivity contribution in [2.75, 3.05) is 33.3 Å². The van der Waals surface area contributed by atoms with Gasteiger partial charge in [-0.1, -0.05) is 19.1 Å². The van der Waals surface area contributed by atoms with Gasteiger partial charge in [0.15, 0.2) is 5.96 Å². The molecule has 1 aromatic rings. The summed E-state index contributed by atoms with van der Waals surface area (Å²) in [5.41, 5.74) is 1.21. The molecule has 6 nitrogen and oxygen atoms in total. The number of ether oxygens (including phenoxy) is 1. The molecule has 2 N–H and O–H groups in total. The first-order chi connectivity index (χ1) is 12.2. The molecule has 1 heterocycles. The predicted molar refractivity (Wildman–Crippen MR) is 117 cm³/mol. The van der Waals surface area contributed by atoms with Crippen LogP contribution in [0.3, 0.4) is 0 Å². The summed E-state index contributed by atoms with van der Waals surface area (Å²) < 4.78 is 5.26. The molecule has 1 aliphatic rings. The second-order valence-electron chi connectivity index (χ2n) is 6.19. The summed E-state index contributed by atoms with van der Waals surface area (Å²) in [6, 6.07) is 8.34. The summed E-state index contributed by atoms with van der Waals surface area (Å²) in [5, 5.41) is 6.74. The summed E-state index contributed by atoms with van der Waals surface area (Å²) in [6.45, 7) is 7.07. The molecule has 0 aliphatic carbocycles. The molecule has 1 amide bonds. The molecule has 146 valence electrons. The van der Waals surface area contributed by atoms with E-state index in [1.807, 2.05) is 30.0 Å². The zero-order chi connectivity index (χ0) is 18.1. The van der Waals surface area contributed by atoms with Crippen molar-refractivity contribution in [3.63, 3.8) is 0 Å². The first-order valence-corrected chi connectivity index (χ1v) is 9.11. The highest BCUT2D eigenvalue weighted by Crippen LogP contribution is 2.13. The van der Waals surface area contributed by atoms with Gasteiger partial charge in [-0.2, -0.15) is 0 Å². The number of aliphatic imine (C=N–C) groups is 1. The second kappa shape index (κ2) is 12.0. The highest BCUT2D eigenvalue weighted by atomic mass is 127. The van der Waals surface area contributed by atoms with E-state index in [0.29, 0.717) is 13.0 Å². The van der Waals surface area contributed by atoms with E-state index >= 15 is 0 Å². The predicted octanol–water partition coefficient (Wildman–Crippen LogP) is 2.42. The molecular weight excluding hydrogens is 443 g/mol. The number of likely N-dealkylation sites (tertiary alicyclic amines) is 1. The van der Waals surface area contributed by atoms with Crippen LogP contribution in [-0.4, -0.2) is 56.1 Å². The number of halogens is 1. The van der Waals surface area contributed by atoms with Crippen LogP contribution in [0.2, 0.25) is 0 Å². The Kier molecular flexibility index (Phi) is 10.4. The van der Waals surface area contributed by atoms with Crippen molar-refractivity contribution in [2.45, 2.75) is 39.2 Å². The van der Waals surface area contributed by atoms with Crippen LogP contribution in [0.4, 0.5) is 0 Å². The van der Waals surface area contributed by atoms with E-state index < -0.39 is 0 Å². The van der Waals surface area contributed by atoms with Crippen molar-refractivity contribution >= 4 is 35.8 Å². The van der Waals surface area contributed by atoms with Gasteiger partial charge < -0.3 is 20.3 Å². The highest BCUT2D eigenvalue weighted by Gasteiger charge is 2.25. The van der Waals surface area contributed by atoms with Gasteiger partial charge in [-0.3, -0.25) is 9.79 Å². The van der Waals surface area contributed by atoms with E-state index in [-0.39, 0.29) is 35.9 Å². The lowest BCUT2D eigenvalue weighted by Crippen LogP contribution is -2.45. The number of hydrogen-bond donors (Lipinski definition) is 2. The molecule has 2 rings (SSSR count). The Morgan fingerprint density at radius 3 is 2.88 bits per heavy atom. The Balaban J connectivity index is 0.00000338. The van der Waals surface area contributed by atoms with Gasteiger partial charge in [0.2, 0.25) is 5.91 Å². The lowest BCUT2D eigenvalue weighted by molar-refractivity contribution is -0.129. The third-order valence-corrected chi connectivity index (χ3v) is 4.33. The number of hydrogen-bond acceptors (Lipinski definition) is 3. The number of carbonyl (C=O) groups is 1. The van der Waals surface area contributed by atoms with Crippen LogP contribution in [0.15, 0.2) is 29.3 Å². The Hall–Kier alpha value is -1.51. The molecule has 1 fully saturated rings. The fourth-order valence-electron chi connectivity index (χ4n) is 2.97. The number of guanidine groups is 1. The molecule has 0 aromatic heterocycles. The minimum atomic E-state index is 0. The number of carbonyl (C=O) groups excluding carboxylic acids is 1. The van der Waals surface area contributed by atoms with Crippen LogP contribution in [0, 0.1) is 0 Å². The summed E-state index contributed by atoms with van der Waals surface area (Å²) in [6.07, 6.45) is 2.40. The van der Waals surface area contributed by atoms with Crippen LogP contribution in [-0.2, 0) is 11.2 Å². The van der Waals surface area contributed by atoms with Crippen molar-refractivity contribution in [1.82, 2.24) is 15.5 Å². The second-order valence-corrected chi connectivity index (χ2v) is 6.19. The number of benzene rings is 1. The molecular formula is C19H31IN4O2. The van der Waals surface area contributed by atoms with Gasteiger partial charge in [-0.25, -0.2) is 0 Å². The fourth-order valence-corrected chi connectivity index (χ4v) is 2.97. The van der Waals surface area contributed by atoms with E-state index in [2.05, 4.69) is 28.6 Å². The number of nitrogens with one attached hydrogen (secondary N) is 2. The van der Waals surface area contributed by atoms with Crippen LogP contribution in [0.25, 0.3) is 0 Å². The van der Waals surface area contributed by atoms with Crippen LogP contribution in [0.1, 0.15) is 32.3 Å². The van der Waals surface area contributed by atoms with Crippen molar-refractivity contribution in [3.8, 4) is 5.75 Å². The molecule has 1 atom stereocenters. The van der Waals surface area contributed by atoms with Crippen molar-refractivity contribution in [1.29, 1.82) is 0 Å². The number of rotatable bonds is 7. The zero-order valence-corrected chi connectivity index (χ0v) is 18.3. The van der Waals surface area contributed by atoms with Gasteiger partial charge >= 0.3 is 0 Å². The fraction of sp³-hybridized carbons (Fsp3) is 0.579. The summed E-state index contributed by atoms with van der Waals surface area (Å²) in [4.78, 5) is 18.4. The van der Waals surface area contributed by atoms with E-state index in [1.165, 1.54) is 5.56 Å². The van der Waals surface area contributed by atoms with Crippen LogP contribution >= 0.6 is 24.0 Å². The maximum Gasteiger partial charge on any atom is 0.222 e. The molecule has 0 spiro atoms. The first kappa shape index (κ1) is 22.5. The van der Waals surface area contributed by atoms with E-state index in [9.17, 15) is 4.79 Å². The summed E-state index contributed by atoms with van der Waals surface area (Å²) in [5.74, 6) is 1.92. The Morgan fingerprint density at radius 2 is 2.19 bits per heavy atom. The number of nitrogens with zero attached hydrogens (tertiary/aromatic N) is 2. The number of amides is 1. The van der Waals surface area contributed by atoms with Gasteiger partial charge in [0.1, 0.15) is 5.75 Å². The third kappa shape index (κ3) is 7.01. The zero-order valence-electron chi connectivity index (χ0n) is 16.0. The van der Waals surface area contributed by atoms with Crippen molar-refractivity contribution < 1.29 is 9.53 Å². The SMILES string of the molecule is CCNC(=NCCc1cccc(OC)c1)NC1CCN(C(=O)CC)C1.I. The Bertz CT molecular complexity index is 595. The molecule has 0 radical (unpaired) electrons. The normalized spacial score (nSPS) is 16.8. The van der Waals surface area contributed by atoms with E-state index in [0.717, 1.165) is 44.2 Å². The minimum Gasteiger partial charge on any atom is -0.497 e. The molecule has 1 aliphatic heterocycles. The first-order valence-electron chi connectivity index (χ1n) is 9.11. The molecule has 0 bridgehead atoms. The van der Waals surface area contributed by atoms with Crippen molar-refractivity contribution in [3.05, 3.63) is 29.8 Å². The quantitative estimate of drug-likeness (QED) is 0.362. The summed E-state index contributed by atoms with van der Waals surface area (Å²) >= 11 is 0. The topological polar surface area (TPSA) is 66.0 Å². The monoisotopic (exact) mass is 474 g/mol. The molecule has 1 saturated heterocycles. The van der Waals surface area contributed by atoms with Gasteiger partial charge in [0.05, 0.1) is 7.11 Å². The maximum absolute atomic E-state index is 11.8. The molecule has 1 aromatic carbocycles. The van der Waals surface area contributed by atoms with Gasteiger partial charge in [-0.05, 0) is 37.5 Å². The van der Waals surface area contributed by atoms with Gasteiger partial charge in [-0.15, -0.1) is 24.0 Å². The summed E-state index contributed by atoms with van der Waals surface area (Å²) in [7, 11) is 1.68. The van der Waals surface area contributed by atoms with Gasteiger partial charge in [0, 0.05) is 38.6 Å². The van der Waals surface area contributed by atoms with Crippen LogP contribution < -0.4 is 15.4 Å². The van der Waals surface area contributed by atoms with E-state index in [4.69, 9.17) is 4.74 Å². The number of methoxy groups -OCH3 is 1. The minimum absolute atomic E-state index is 0. The maximum atomic E-state index is 11.8. The van der Waals surface area contributed by atoms with E-state index in [1.54, 1.807) is 7.11 Å². The van der Waals surface area contributed by atoms with Crippen LogP contribution in [0.5, 0.6) is 5.75 Å². The average Bonchev–Trinajstić information content (AvgIpc) is 3.10. The lowest BCUT2D eigenvalue weighted by atomic mass is 10.1. The van der Waals surface area contributed by atoms with Gasteiger partial charge in [0.25, 0.3) is 0 Å². The molecule has 26 heavy (non-hydrogen) atoms. The average molecular weight is 474 g/mol. The molecule has 1 unspecified atom stereocenters. The smallest absolute Gasteiger partial charge is 0.222 e.